The molecule has 1 atom stereocenters. The normalized spacial score (nSPS) is 17.3. The van der Waals surface area contributed by atoms with E-state index in [1.165, 1.54) is 6.33 Å². The first-order chi connectivity index (χ1) is 9.61. The molecule has 1 unspecified atom stereocenters. The zero-order valence-electron chi connectivity index (χ0n) is 11.3. The monoisotopic (exact) mass is 270 g/mol. The third kappa shape index (κ3) is 2.47. The summed E-state index contributed by atoms with van der Waals surface area (Å²) in [5.41, 5.74) is 1.85. The topological polar surface area (TPSA) is 61.3 Å². The number of fused-ring (bicyclic) bond motifs is 1. The van der Waals surface area contributed by atoms with E-state index in [1.54, 1.807) is 12.1 Å². The van der Waals surface area contributed by atoms with Crippen molar-refractivity contribution >= 4 is 5.97 Å². The molecule has 0 bridgehead atoms. The van der Waals surface area contributed by atoms with Gasteiger partial charge in [-0.2, -0.15) is 0 Å². The summed E-state index contributed by atoms with van der Waals surface area (Å²) in [4.78, 5) is 19.5. The van der Waals surface area contributed by atoms with Crippen LogP contribution in [0.3, 0.4) is 0 Å². The molecule has 3 rings (SSSR count). The van der Waals surface area contributed by atoms with Crippen LogP contribution in [0.15, 0.2) is 30.6 Å². The van der Waals surface area contributed by atoms with E-state index in [0.717, 1.165) is 11.3 Å². The van der Waals surface area contributed by atoms with Crippen LogP contribution in [0.1, 0.15) is 30.5 Å². The highest BCUT2D eigenvalue weighted by Crippen LogP contribution is 2.37. The first-order valence-corrected chi connectivity index (χ1v) is 6.43. The van der Waals surface area contributed by atoms with Crippen molar-refractivity contribution < 1.29 is 14.3 Å². The lowest BCUT2D eigenvalue weighted by Crippen LogP contribution is -2.18. The summed E-state index contributed by atoms with van der Waals surface area (Å²) in [5.74, 6) is 1.58. The second-order valence-electron chi connectivity index (χ2n) is 4.88. The molecule has 5 heteroatoms. The Morgan fingerprint density at radius 2 is 2.15 bits per heavy atom. The van der Waals surface area contributed by atoms with Gasteiger partial charge in [-0.3, -0.25) is 4.79 Å². The molecule has 0 spiro atoms. The van der Waals surface area contributed by atoms with Crippen molar-refractivity contribution in [1.82, 2.24) is 9.97 Å². The van der Waals surface area contributed by atoms with E-state index in [-0.39, 0.29) is 11.9 Å². The van der Waals surface area contributed by atoms with Crippen molar-refractivity contribution in [3.05, 3.63) is 41.9 Å². The molecule has 0 N–H and O–H groups in total. The van der Waals surface area contributed by atoms with E-state index in [9.17, 15) is 4.79 Å². The van der Waals surface area contributed by atoms with Gasteiger partial charge in [0, 0.05) is 17.8 Å². The van der Waals surface area contributed by atoms with Crippen molar-refractivity contribution in [2.75, 3.05) is 0 Å². The summed E-state index contributed by atoms with van der Waals surface area (Å²) in [6.07, 6.45) is 1.86. The van der Waals surface area contributed by atoms with E-state index < -0.39 is 0 Å². The number of carbonyl (C=O) groups excluding carboxylic acids is 1. The van der Waals surface area contributed by atoms with Gasteiger partial charge < -0.3 is 9.47 Å². The molecule has 1 aliphatic heterocycles. The molecule has 1 aliphatic rings. The van der Waals surface area contributed by atoms with Crippen molar-refractivity contribution in [3.63, 3.8) is 0 Å². The summed E-state index contributed by atoms with van der Waals surface area (Å²) in [7, 11) is 0. The number of carbonyl (C=O) groups is 1. The highest BCUT2D eigenvalue weighted by molar-refractivity contribution is 5.76. The summed E-state index contributed by atoms with van der Waals surface area (Å²) in [6, 6.07) is 7.25. The third-order valence-corrected chi connectivity index (χ3v) is 3.21. The van der Waals surface area contributed by atoms with Gasteiger partial charge in [-0.15, -0.1) is 0 Å². The molecule has 20 heavy (non-hydrogen) atoms. The van der Waals surface area contributed by atoms with Gasteiger partial charge in [-0.1, -0.05) is 13.0 Å². The predicted octanol–water partition coefficient (Wildman–Crippen LogP) is 2.99. The minimum Gasteiger partial charge on any atom is -0.439 e. The van der Waals surface area contributed by atoms with Crippen molar-refractivity contribution in [2.45, 2.75) is 26.2 Å². The Morgan fingerprint density at radius 3 is 2.95 bits per heavy atom. The molecule has 1 aromatic heterocycles. The molecule has 2 heterocycles. The number of rotatable bonds is 2. The van der Waals surface area contributed by atoms with E-state index in [0.29, 0.717) is 23.8 Å². The Bertz CT molecular complexity index is 670. The number of hydrogen-bond acceptors (Lipinski definition) is 5. The quantitative estimate of drug-likeness (QED) is 0.620. The van der Waals surface area contributed by atoms with Gasteiger partial charge >= 0.3 is 5.97 Å². The van der Waals surface area contributed by atoms with Crippen LogP contribution < -0.4 is 9.47 Å². The van der Waals surface area contributed by atoms with Gasteiger partial charge in [-0.05, 0) is 24.5 Å². The van der Waals surface area contributed by atoms with Crippen molar-refractivity contribution in [2.24, 2.45) is 0 Å². The number of aryl methyl sites for hydroxylation is 1. The number of esters is 1. The Hall–Kier alpha value is -2.43. The Morgan fingerprint density at radius 1 is 1.30 bits per heavy atom. The number of hydrogen-bond donors (Lipinski definition) is 0. The molecule has 0 radical (unpaired) electrons. The smallest absolute Gasteiger partial charge is 0.311 e. The number of ether oxygens (including phenoxy) is 2. The average Bonchev–Trinajstić information content (AvgIpc) is 2.38. The third-order valence-electron chi connectivity index (χ3n) is 3.21. The highest BCUT2D eigenvalue weighted by Gasteiger charge is 2.24. The second kappa shape index (κ2) is 4.92. The van der Waals surface area contributed by atoms with Crippen molar-refractivity contribution in [3.8, 4) is 17.4 Å². The van der Waals surface area contributed by atoms with E-state index >= 15 is 0 Å². The Kier molecular flexibility index (Phi) is 3.10. The first kappa shape index (κ1) is 12.6. The Balaban J connectivity index is 1.89. The maximum Gasteiger partial charge on any atom is 0.311 e. The largest absolute Gasteiger partial charge is 0.439 e. The lowest BCUT2D eigenvalue weighted by Gasteiger charge is -2.21. The minimum atomic E-state index is -0.208. The molecule has 2 aromatic rings. The molecule has 0 amide bonds. The molecular weight excluding hydrogens is 256 g/mol. The van der Waals surface area contributed by atoms with Crippen LogP contribution in [0.4, 0.5) is 0 Å². The number of nitrogens with zero attached hydrogens (tertiary/aromatic N) is 2. The van der Waals surface area contributed by atoms with Crippen LogP contribution in [0.5, 0.6) is 17.4 Å². The highest BCUT2D eigenvalue weighted by atomic mass is 16.5. The number of aromatic nitrogens is 2. The van der Waals surface area contributed by atoms with Gasteiger partial charge in [0.1, 0.15) is 17.8 Å². The van der Waals surface area contributed by atoms with Crippen LogP contribution in [-0.2, 0) is 4.79 Å². The average molecular weight is 270 g/mol. The maximum atomic E-state index is 11.5. The summed E-state index contributed by atoms with van der Waals surface area (Å²) >= 11 is 0. The van der Waals surface area contributed by atoms with E-state index in [4.69, 9.17) is 9.47 Å². The van der Waals surface area contributed by atoms with Gasteiger partial charge in [0.25, 0.3) is 0 Å². The van der Waals surface area contributed by atoms with Gasteiger partial charge in [0.05, 0.1) is 6.42 Å². The zero-order valence-corrected chi connectivity index (χ0v) is 11.3. The SMILES string of the molecule is Cc1cc(Oc2ccc3c(c2)OC(=O)CC3C)ncn1. The molecular formula is C15H14N2O3. The van der Waals surface area contributed by atoms with Crippen LogP contribution in [0.25, 0.3) is 0 Å². The first-order valence-electron chi connectivity index (χ1n) is 6.43. The van der Waals surface area contributed by atoms with Crippen molar-refractivity contribution in [1.29, 1.82) is 0 Å². The lowest BCUT2D eigenvalue weighted by atomic mass is 9.95. The minimum absolute atomic E-state index is 0.168. The lowest BCUT2D eigenvalue weighted by molar-refractivity contribution is -0.135. The van der Waals surface area contributed by atoms with E-state index in [1.807, 2.05) is 26.0 Å². The van der Waals surface area contributed by atoms with Crippen LogP contribution in [0, 0.1) is 6.92 Å². The fourth-order valence-electron chi connectivity index (χ4n) is 2.20. The standard InChI is InChI=1S/C15H14N2O3/c1-9-5-15(18)20-13-7-11(3-4-12(9)13)19-14-6-10(2)16-8-17-14/h3-4,6-9H,5H2,1-2H3. The molecule has 102 valence electrons. The molecule has 1 aromatic carbocycles. The fourth-order valence-corrected chi connectivity index (χ4v) is 2.20. The van der Waals surface area contributed by atoms with Crippen LogP contribution in [0.2, 0.25) is 0 Å². The maximum absolute atomic E-state index is 11.5. The predicted molar refractivity (Wildman–Crippen MR) is 72.0 cm³/mol. The van der Waals surface area contributed by atoms with Gasteiger partial charge in [0.2, 0.25) is 5.88 Å². The van der Waals surface area contributed by atoms with Crippen LogP contribution >= 0.6 is 0 Å². The van der Waals surface area contributed by atoms with Gasteiger partial charge in [0.15, 0.2) is 0 Å². The molecule has 0 aliphatic carbocycles. The fraction of sp³-hybridized carbons (Fsp3) is 0.267. The van der Waals surface area contributed by atoms with Crippen LogP contribution in [-0.4, -0.2) is 15.9 Å². The van der Waals surface area contributed by atoms with E-state index in [2.05, 4.69) is 9.97 Å². The summed E-state index contributed by atoms with van der Waals surface area (Å²) < 4.78 is 10.9. The van der Waals surface area contributed by atoms with Gasteiger partial charge in [-0.25, -0.2) is 9.97 Å². The zero-order chi connectivity index (χ0) is 14.1. The second-order valence-corrected chi connectivity index (χ2v) is 4.88. The Labute approximate surface area is 116 Å². The summed E-state index contributed by atoms with van der Waals surface area (Å²) in [5, 5.41) is 0. The molecule has 0 saturated carbocycles. The number of benzene rings is 1. The molecule has 0 fully saturated rings. The summed E-state index contributed by atoms with van der Waals surface area (Å²) in [6.45, 7) is 3.87. The molecule has 5 nitrogen and oxygen atoms in total. The molecule has 0 saturated heterocycles.